The average Bonchev–Trinajstić information content (AvgIpc) is 3.28. The van der Waals surface area contributed by atoms with E-state index in [-0.39, 0.29) is 43.3 Å². The van der Waals surface area contributed by atoms with Gasteiger partial charge in [0.25, 0.3) is 0 Å². The minimum absolute atomic E-state index is 0.0164. The second kappa shape index (κ2) is 9.18. The molecule has 1 fully saturated rings. The Morgan fingerprint density at radius 3 is 2.71 bits per heavy atom. The minimum Gasteiger partial charge on any atom is -0.464 e. The van der Waals surface area contributed by atoms with Crippen molar-refractivity contribution in [2.24, 2.45) is 0 Å². The van der Waals surface area contributed by atoms with Gasteiger partial charge < -0.3 is 9.32 Å². The SMILES string of the molecule is O=C1CN(CC(=O)N2CC=CCC2c2ccc3cccoc2-3)CCN1c1ccc(C(F)(F)F)cn1. The highest BCUT2D eigenvalue weighted by atomic mass is 19.4. The zero-order valence-corrected chi connectivity index (χ0v) is 18.7. The summed E-state index contributed by atoms with van der Waals surface area (Å²) in [6.45, 7) is 1.16. The predicted octanol–water partition coefficient (Wildman–Crippen LogP) is 3.98. The molecule has 0 aromatic carbocycles. The fraction of sp³-hybridized carbons (Fsp3) is 0.320. The Morgan fingerprint density at radius 1 is 1.11 bits per heavy atom. The molecule has 7 nitrogen and oxygen atoms in total. The molecule has 0 radical (unpaired) electrons. The lowest BCUT2D eigenvalue weighted by atomic mass is 9.99. The molecule has 0 bridgehead atoms. The summed E-state index contributed by atoms with van der Waals surface area (Å²) < 4.78 is 44.1. The van der Waals surface area contributed by atoms with Crippen LogP contribution in [-0.4, -0.2) is 59.3 Å². The van der Waals surface area contributed by atoms with Crippen LogP contribution in [0.5, 0.6) is 0 Å². The average molecular weight is 484 g/mol. The third kappa shape index (κ3) is 4.66. The normalized spacial score (nSPS) is 19.5. The lowest BCUT2D eigenvalue weighted by Crippen LogP contribution is -2.53. The van der Waals surface area contributed by atoms with Crippen LogP contribution in [0.25, 0.3) is 11.3 Å². The van der Waals surface area contributed by atoms with Crippen molar-refractivity contribution in [3.63, 3.8) is 0 Å². The van der Waals surface area contributed by atoms with Crippen LogP contribution in [0, 0.1) is 0 Å². The molecular formula is C25H23F3N4O3. The molecule has 1 aliphatic carbocycles. The van der Waals surface area contributed by atoms with Crippen molar-refractivity contribution in [1.29, 1.82) is 0 Å². The Bertz CT molecular complexity index is 1220. The highest BCUT2D eigenvalue weighted by molar-refractivity contribution is 5.95. The van der Waals surface area contributed by atoms with Gasteiger partial charge in [0.2, 0.25) is 11.8 Å². The van der Waals surface area contributed by atoms with Gasteiger partial charge in [0, 0.05) is 37.0 Å². The number of anilines is 1. The molecule has 1 aromatic heterocycles. The van der Waals surface area contributed by atoms with Gasteiger partial charge in [-0.3, -0.25) is 19.4 Å². The number of halogens is 3. The van der Waals surface area contributed by atoms with E-state index in [0.717, 1.165) is 29.2 Å². The van der Waals surface area contributed by atoms with Crippen LogP contribution in [0.3, 0.4) is 0 Å². The molecule has 0 N–H and O–H groups in total. The van der Waals surface area contributed by atoms with Gasteiger partial charge in [0.15, 0.2) is 0 Å². The zero-order chi connectivity index (χ0) is 24.6. The number of piperazine rings is 1. The van der Waals surface area contributed by atoms with E-state index in [0.29, 0.717) is 19.5 Å². The first-order valence-electron chi connectivity index (χ1n) is 11.3. The van der Waals surface area contributed by atoms with Crippen LogP contribution >= 0.6 is 0 Å². The predicted molar refractivity (Wildman–Crippen MR) is 122 cm³/mol. The van der Waals surface area contributed by atoms with Crippen LogP contribution in [0.2, 0.25) is 0 Å². The number of rotatable bonds is 4. The maximum Gasteiger partial charge on any atom is 0.417 e. The van der Waals surface area contributed by atoms with Gasteiger partial charge in [-0.2, -0.15) is 13.2 Å². The molecule has 1 unspecified atom stereocenters. The van der Waals surface area contributed by atoms with Crippen LogP contribution in [0.15, 0.2) is 65.4 Å². The van der Waals surface area contributed by atoms with E-state index >= 15 is 0 Å². The van der Waals surface area contributed by atoms with Crippen LogP contribution in [0.1, 0.15) is 23.6 Å². The number of amides is 2. The first-order valence-corrected chi connectivity index (χ1v) is 11.3. The van der Waals surface area contributed by atoms with E-state index in [2.05, 4.69) is 11.1 Å². The lowest BCUT2D eigenvalue weighted by Gasteiger charge is -2.37. The molecule has 3 aliphatic heterocycles. The number of pyridine rings is 1. The first-order chi connectivity index (χ1) is 16.8. The molecule has 10 heteroatoms. The van der Waals surface area contributed by atoms with Crippen molar-refractivity contribution < 1.29 is 27.2 Å². The van der Waals surface area contributed by atoms with Crippen molar-refractivity contribution in [2.75, 3.05) is 37.6 Å². The van der Waals surface area contributed by atoms with Gasteiger partial charge in [0.1, 0.15) is 11.6 Å². The Morgan fingerprint density at radius 2 is 1.97 bits per heavy atom. The van der Waals surface area contributed by atoms with Crippen molar-refractivity contribution >= 4 is 17.6 Å². The first kappa shape index (κ1) is 23.1. The minimum atomic E-state index is -4.49. The van der Waals surface area contributed by atoms with E-state index in [1.807, 2.05) is 30.3 Å². The number of aromatic nitrogens is 1. The van der Waals surface area contributed by atoms with E-state index < -0.39 is 11.7 Å². The largest absolute Gasteiger partial charge is 0.464 e. The Labute approximate surface area is 199 Å². The lowest BCUT2D eigenvalue weighted by molar-refractivity contribution is -0.138. The molecule has 182 valence electrons. The fourth-order valence-electron chi connectivity index (χ4n) is 4.61. The number of alkyl halides is 3. The molecule has 4 aliphatic rings. The molecule has 4 heterocycles. The van der Waals surface area contributed by atoms with Crippen LogP contribution in [0.4, 0.5) is 19.0 Å². The molecule has 1 atom stereocenters. The number of hydrogen-bond donors (Lipinski definition) is 0. The number of nitrogens with zero attached hydrogens (tertiary/aromatic N) is 4. The van der Waals surface area contributed by atoms with Crippen molar-refractivity contribution in [3.8, 4) is 11.3 Å². The van der Waals surface area contributed by atoms with Gasteiger partial charge in [0.05, 0.1) is 31.0 Å². The quantitative estimate of drug-likeness (QED) is 0.524. The van der Waals surface area contributed by atoms with Gasteiger partial charge in [-0.15, -0.1) is 0 Å². The number of carbonyl (C=O) groups excluding carboxylic acids is 2. The Hall–Kier alpha value is -3.66. The fourth-order valence-corrected chi connectivity index (χ4v) is 4.61. The standard InChI is InChI=1S/C25H23F3N4O3/c26-25(27,28)18-7-9-21(29-14-18)32-12-11-30(16-23(32)34)15-22(33)31-10-2-1-5-20(31)19-8-6-17-4-3-13-35-24(17)19/h1-4,6-9,13-14,20H,5,10-12,15-16H2. The van der Waals surface area contributed by atoms with Crippen molar-refractivity contribution in [2.45, 2.75) is 18.6 Å². The Kier molecular flexibility index (Phi) is 6.06. The van der Waals surface area contributed by atoms with E-state index in [1.165, 1.54) is 11.0 Å². The number of fused-ring (bicyclic) bond motifs is 1. The maximum absolute atomic E-state index is 13.3. The van der Waals surface area contributed by atoms with E-state index in [1.54, 1.807) is 16.1 Å². The summed E-state index contributed by atoms with van der Waals surface area (Å²) in [5.41, 5.74) is 1.06. The summed E-state index contributed by atoms with van der Waals surface area (Å²) in [7, 11) is 0. The molecule has 0 spiro atoms. The van der Waals surface area contributed by atoms with E-state index in [9.17, 15) is 22.8 Å². The second-order valence-corrected chi connectivity index (χ2v) is 8.61. The molecule has 1 saturated heterocycles. The third-order valence-corrected chi connectivity index (χ3v) is 6.40. The summed E-state index contributed by atoms with van der Waals surface area (Å²) in [4.78, 5) is 34.7. The molecule has 5 rings (SSSR count). The summed E-state index contributed by atoms with van der Waals surface area (Å²) in [5.74, 6) is 0.520. The number of hydrogen-bond acceptors (Lipinski definition) is 5. The molecule has 0 saturated carbocycles. The number of carbonyl (C=O) groups is 2. The van der Waals surface area contributed by atoms with Crippen molar-refractivity contribution in [3.05, 3.63) is 72.1 Å². The maximum atomic E-state index is 13.3. The van der Waals surface area contributed by atoms with Crippen molar-refractivity contribution in [1.82, 2.24) is 14.8 Å². The summed E-state index contributed by atoms with van der Waals surface area (Å²) >= 11 is 0. The highest BCUT2D eigenvalue weighted by Crippen LogP contribution is 2.38. The zero-order valence-electron chi connectivity index (χ0n) is 18.7. The topological polar surface area (TPSA) is 69.9 Å². The third-order valence-electron chi connectivity index (χ3n) is 6.40. The van der Waals surface area contributed by atoms with E-state index in [4.69, 9.17) is 4.42 Å². The molecule has 35 heavy (non-hydrogen) atoms. The van der Waals surface area contributed by atoms with Gasteiger partial charge in [-0.05, 0) is 30.7 Å². The van der Waals surface area contributed by atoms with Gasteiger partial charge in [-0.25, -0.2) is 4.98 Å². The van der Waals surface area contributed by atoms with Gasteiger partial charge in [-0.1, -0.05) is 24.3 Å². The summed E-state index contributed by atoms with van der Waals surface area (Å²) in [6, 6.07) is 9.69. The Balaban J connectivity index is 1.24. The summed E-state index contributed by atoms with van der Waals surface area (Å²) in [6.07, 6.45) is 2.53. The van der Waals surface area contributed by atoms with Crippen LogP contribution < -0.4 is 4.90 Å². The smallest absolute Gasteiger partial charge is 0.417 e. The molecular weight excluding hydrogens is 461 g/mol. The molecule has 2 amide bonds. The second-order valence-electron chi connectivity index (χ2n) is 8.61. The van der Waals surface area contributed by atoms with Crippen LogP contribution in [-0.2, 0) is 15.8 Å². The monoisotopic (exact) mass is 484 g/mol. The highest BCUT2D eigenvalue weighted by Gasteiger charge is 2.34. The summed E-state index contributed by atoms with van der Waals surface area (Å²) in [5, 5.41) is 0. The van der Waals surface area contributed by atoms with Gasteiger partial charge >= 0.3 is 6.18 Å². The molecule has 1 aromatic rings.